The van der Waals surface area contributed by atoms with Crippen LogP contribution in [0.15, 0.2) is 59.5 Å². The zero-order valence-corrected chi connectivity index (χ0v) is 12.8. The summed E-state index contributed by atoms with van der Waals surface area (Å²) in [6.07, 6.45) is 0. The number of nitrogens with one attached hydrogen (secondary N) is 1. The van der Waals surface area contributed by atoms with Gasteiger partial charge in [-0.2, -0.15) is 0 Å². The molecular formula is C15H16N2O4S. The molecule has 1 N–H and O–H groups in total. The molecule has 0 aliphatic carbocycles. The Hall–Kier alpha value is -2.25. The smallest absolute Gasteiger partial charge is 0.258 e. The summed E-state index contributed by atoms with van der Waals surface area (Å²) in [4.78, 5) is 9.99. The fraction of sp³-hybridized carbons (Fsp3) is 0.200. The van der Waals surface area contributed by atoms with Crippen LogP contribution in [0.4, 0.5) is 5.69 Å². The normalized spacial score (nSPS) is 12.8. The Kier molecular flexibility index (Phi) is 4.89. The van der Waals surface area contributed by atoms with Gasteiger partial charge in [-0.25, -0.2) is 13.1 Å². The molecular weight excluding hydrogens is 304 g/mol. The molecule has 0 unspecified atom stereocenters. The number of hydrogen-bond acceptors (Lipinski definition) is 4. The van der Waals surface area contributed by atoms with Gasteiger partial charge in [-0.3, -0.25) is 10.1 Å². The molecule has 2 rings (SSSR count). The van der Waals surface area contributed by atoms with Gasteiger partial charge in [0.1, 0.15) is 0 Å². The van der Waals surface area contributed by atoms with Gasteiger partial charge in [0, 0.05) is 18.7 Å². The minimum atomic E-state index is -3.77. The van der Waals surface area contributed by atoms with E-state index in [0.717, 1.165) is 11.6 Å². The molecule has 0 saturated carbocycles. The van der Waals surface area contributed by atoms with E-state index >= 15 is 0 Å². The van der Waals surface area contributed by atoms with Crippen molar-refractivity contribution in [3.05, 3.63) is 70.3 Å². The topological polar surface area (TPSA) is 89.3 Å². The van der Waals surface area contributed by atoms with Crippen LogP contribution in [0.25, 0.3) is 0 Å². The van der Waals surface area contributed by atoms with E-state index in [0.29, 0.717) is 0 Å². The third-order valence-corrected chi connectivity index (χ3v) is 4.71. The maximum absolute atomic E-state index is 12.2. The second-order valence-corrected chi connectivity index (χ2v) is 6.69. The van der Waals surface area contributed by atoms with E-state index in [1.165, 1.54) is 18.2 Å². The van der Waals surface area contributed by atoms with Gasteiger partial charge in [-0.15, -0.1) is 0 Å². The molecule has 0 bridgehead atoms. The summed E-state index contributed by atoms with van der Waals surface area (Å²) in [6.45, 7) is 2.13. The number of nitro groups is 1. The Morgan fingerprint density at radius 1 is 1.14 bits per heavy atom. The average molecular weight is 320 g/mol. The summed E-state index contributed by atoms with van der Waals surface area (Å²) in [5.41, 5.74) is 0.767. The van der Waals surface area contributed by atoms with Crippen LogP contribution in [0.1, 0.15) is 18.4 Å². The first-order chi connectivity index (χ1) is 10.4. The van der Waals surface area contributed by atoms with Crippen molar-refractivity contribution in [2.75, 3.05) is 6.54 Å². The summed E-state index contributed by atoms with van der Waals surface area (Å²) >= 11 is 0. The zero-order chi connectivity index (χ0) is 16.2. The van der Waals surface area contributed by atoms with Crippen molar-refractivity contribution in [2.24, 2.45) is 0 Å². The van der Waals surface area contributed by atoms with Gasteiger partial charge in [0.15, 0.2) is 0 Å². The Balaban J connectivity index is 2.11. The van der Waals surface area contributed by atoms with Gasteiger partial charge in [0.2, 0.25) is 10.0 Å². The molecule has 6 nitrogen and oxygen atoms in total. The van der Waals surface area contributed by atoms with E-state index in [1.54, 1.807) is 0 Å². The zero-order valence-electron chi connectivity index (χ0n) is 12.0. The van der Waals surface area contributed by atoms with Gasteiger partial charge in [-0.1, -0.05) is 43.3 Å². The molecule has 0 saturated heterocycles. The highest BCUT2D eigenvalue weighted by Gasteiger charge is 2.18. The van der Waals surface area contributed by atoms with E-state index in [9.17, 15) is 18.5 Å². The fourth-order valence-electron chi connectivity index (χ4n) is 1.98. The number of rotatable bonds is 6. The predicted octanol–water partition coefficient (Wildman–Crippen LogP) is 2.68. The molecule has 7 heteroatoms. The second kappa shape index (κ2) is 6.67. The molecule has 0 fully saturated rings. The summed E-state index contributed by atoms with van der Waals surface area (Å²) < 4.78 is 26.9. The minimum absolute atomic E-state index is 0.00493. The Bertz CT molecular complexity index is 760. The SMILES string of the molecule is C[C@@H](CNS(=O)(=O)c1cccc([N+](=O)[O-])c1)c1ccccc1. The number of benzene rings is 2. The highest BCUT2D eigenvalue weighted by Crippen LogP contribution is 2.18. The number of hydrogen-bond donors (Lipinski definition) is 1. The molecule has 0 amide bonds. The summed E-state index contributed by atoms with van der Waals surface area (Å²) in [6, 6.07) is 14.5. The molecule has 0 aromatic heterocycles. The Labute approximate surface area is 129 Å². The molecule has 0 radical (unpaired) electrons. The van der Waals surface area contributed by atoms with Gasteiger partial charge in [0.25, 0.3) is 5.69 Å². The minimum Gasteiger partial charge on any atom is -0.258 e. The monoisotopic (exact) mass is 320 g/mol. The first-order valence-corrected chi connectivity index (χ1v) is 8.17. The lowest BCUT2D eigenvalue weighted by atomic mass is 10.0. The van der Waals surface area contributed by atoms with Crippen molar-refractivity contribution in [3.63, 3.8) is 0 Å². The standard InChI is InChI=1S/C15H16N2O4S/c1-12(13-6-3-2-4-7-13)11-16-22(20,21)15-9-5-8-14(10-15)17(18)19/h2-10,12,16H,11H2,1H3/t12-/m0/s1. The van der Waals surface area contributed by atoms with E-state index in [2.05, 4.69) is 4.72 Å². The number of sulfonamides is 1. The maximum Gasteiger partial charge on any atom is 0.270 e. The highest BCUT2D eigenvalue weighted by atomic mass is 32.2. The maximum atomic E-state index is 12.2. The van der Waals surface area contributed by atoms with Crippen LogP contribution in [0, 0.1) is 10.1 Å². The van der Waals surface area contributed by atoms with Crippen LogP contribution in [0.3, 0.4) is 0 Å². The summed E-state index contributed by atoms with van der Waals surface area (Å²) in [7, 11) is -3.77. The van der Waals surface area contributed by atoms with Crippen LogP contribution in [0.2, 0.25) is 0 Å². The van der Waals surface area contributed by atoms with Crippen LogP contribution < -0.4 is 4.72 Å². The van der Waals surface area contributed by atoms with E-state index in [-0.39, 0.29) is 23.0 Å². The molecule has 0 aliphatic heterocycles. The van der Waals surface area contributed by atoms with E-state index < -0.39 is 14.9 Å². The van der Waals surface area contributed by atoms with Crippen molar-refractivity contribution in [2.45, 2.75) is 17.7 Å². The molecule has 116 valence electrons. The first kappa shape index (κ1) is 16.1. The van der Waals surface area contributed by atoms with Gasteiger partial charge in [-0.05, 0) is 17.5 Å². The van der Waals surface area contributed by atoms with Gasteiger partial charge in [0.05, 0.1) is 9.82 Å². The summed E-state index contributed by atoms with van der Waals surface area (Å²) in [5, 5.41) is 10.7. The third kappa shape index (κ3) is 3.90. The molecule has 2 aromatic carbocycles. The van der Waals surface area contributed by atoms with Crippen molar-refractivity contribution in [3.8, 4) is 0 Å². The largest absolute Gasteiger partial charge is 0.270 e. The van der Waals surface area contributed by atoms with Gasteiger partial charge >= 0.3 is 0 Å². The molecule has 0 aliphatic rings. The lowest BCUT2D eigenvalue weighted by Gasteiger charge is -2.13. The lowest BCUT2D eigenvalue weighted by molar-refractivity contribution is -0.385. The molecule has 0 spiro atoms. The number of nitrogens with zero attached hydrogens (tertiary/aromatic N) is 1. The average Bonchev–Trinajstić information content (AvgIpc) is 2.53. The molecule has 22 heavy (non-hydrogen) atoms. The van der Waals surface area contributed by atoms with Crippen LogP contribution in [0.5, 0.6) is 0 Å². The molecule has 2 aromatic rings. The van der Waals surface area contributed by atoms with E-state index in [1.807, 2.05) is 37.3 Å². The Morgan fingerprint density at radius 3 is 2.45 bits per heavy atom. The predicted molar refractivity (Wildman–Crippen MR) is 83.1 cm³/mol. The van der Waals surface area contributed by atoms with Crippen LogP contribution in [-0.2, 0) is 10.0 Å². The van der Waals surface area contributed by atoms with Crippen LogP contribution >= 0.6 is 0 Å². The third-order valence-electron chi connectivity index (χ3n) is 3.29. The summed E-state index contributed by atoms with van der Waals surface area (Å²) in [5.74, 6) is -0.00493. The Morgan fingerprint density at radius 2 is 1.82 bits per heavy atom. The van der Waals surface area contributed by atoms with Crippen molar-refractivity contribution in [1.82, 2.24) is 4.72 Å². The number of nitro benzene ring substituents is 1. The van der Waals surface area contributed by atoms with E-state index in [4.69, 9.17) is 0 Å². The highest BCUT2D eigenvalue weighted by molar-refractivity contribution is 7.89. The first-order valence-electron chi connectivity index (χ1n) is 6.69. The fourth-order valence-corrected chi connectivity index (χ4v) is 3.15. The van der Waals surface area contributed by atoms with Crippen molar-refractivity contribution < 1.29 is 13.3 Å². The van der Waals surface area contributed by atoms with Crippen LogP contribution in [-0.4, -0.2) is 19.9 Å². The number of non-ortho nitro benzene ring substituents is 1. The van der Waals surface area contributed by atoms with Crippen molar-refractivity contribution >= 4 is 15.7 Å². The lowest BCUT2D eigenvalue weighted by Crippen LogP contribution is -2.27. The molecule has 0 heterocycles. The van der Waals surface area contributed by atoms with Crippen molar-refractivity contribution in [1.29, 1.82) is 0 Å². The quantitative estimate of drug-likeness (QED) is 0.654. The second-order valence-electron chi connectivity index (χ2n) is 4.92. The molecule has 1 atom stereocenters. The van der Waals surface area contributed by atoms with Gasteiger partial charge < -0.3 is 0 Å².